The minimum absolute atomic E-state index is 0.388. The number of thioether (sulfide) groups is 1. The maximum Gasteiger partial charge on any atom is 0.226 e. The Balaban J connectivity index is 1.86. The summed E-state index contributed by atoms with van der Waals surface area (Å²) in [5.41, 5.74) is 1.35. The van der Waals surface area contributed by atoms with Crippen molar-refractivity contribution in [2.24, 2.45) is 7.05 Å². The second kappa shape index (κ2) is 5.46. The highest BCUT2D eigenvalue weighted by Gasteiger charge is 2.10. The summed E-state index contributed by atoms with van der Waals surface area (Å²) in [5, 5.41) is 10.6. The van der Waals surface area contributed by atoms with Crippen molar-refractivity contribution in [2.45, 2.75) is 10.9 Å². The Morgan fingerprint density at radius 1 is 1.43 bits per heavy atom. The molecule has 0 atom stereocenters. The first kappa shape index (κ1) is 14.0. The van der Waals surface area contributed by atoms with Crippen molar-refractivity contribution in [1.29, 1.82) is 0 Å². The standard InChI is InChI=1S/C14H11ClN2O3S/c1-17-11-3-2-8(15)4-10(11)16-14(17)21-7-9-5-12(18)13(19)6-20-9/h2-6,19H,7H2,1H3. The number of aromatic nitrogens is 2. The molecule has 0 aliphatic rings. The van der Waals surface area contributed by atoms with E-state index in [4.69, 9.17) is 21.1 Å². The van der Waals surface area contributed by atoms with Crippen LogP contribution >= 0.6 is 23.4 Å². The fraction of sp³-hybridized carbons (Fsp3) is 0.143. The maximum absolute atomic E-state index is 11.3. The smallest absolute Gasteiger partial charge is 0.226 e. The Hall–Kier alpha value is -1.92. The average Bonchev–Trinajstić information content (AvgIpc) is 2.76. The van der Waals surface area contributed by atoms with Gasteiger partial charge < -0.3 is 14.1 Å². The second-order valence-electron chi connectivity index (χ2n) is 4.47. The minimum Gasteiger partial charge on any atom is -0.502 e. The number of hydrogen-bond donors (Lipinski definition) is 1. The summed E-state index contributed by atoms with van der Waals surface area (Å²) in [7, 11) is 1.92. The zero-order chi connectivity index (χ0) is 15.0. The molecule has 0 saturated carbocycles. The molecule has 3 aromatic rings. The zero-order valence-electron chi connectivity index (χ0n) is 11.0. The van der Waals surface area contributed by atoms with Gasteiger partial charge in [-0.2, -0.15) is 0 Å². The van der Waals surface area contributed by atoms with E-state index < -0.39 is 5.43 Å². The molecule has 0 fully saturated rings. The van der Waals surface area contributed by atoms with Crippen molar-refractivity contribution in [2.75, 3.05) is 0 Å². The quantitative estimate of drug-likeness (QED) is 0.750. The topological polar surface area (TPSA) is 68.3 Å². The zero-order valence-corrected chi connectivity index (χ0v) is 12.6. The summed E-state index contributed by atoms with van der Waals surface area (Å²) >= 11 is 7.40. The lowest BCUT2D eigenvalue weighted by Crippen LogP contribution is -1.99. The van der Waals surface area contributed by atoms with Crippen molar-refractivity contribution in [1.82, 2.24) is 9.55 Å². The van der Waals surface area contributed by atoms with Gasteiger partial charge in [0.2, 0.25) is 5.43 Å². The third-order valence-electron chi connectivity index (χ3n) is 3.01. The van der Waals surface area contributed by atoms with Gasteiger partial charge in [0.25, 0.3) is 0 Å². The molecule has 108 valence electrons. The van der Waals surface area contributed by atoms with Crippen LogP contribution in [0.25, 0.3) is 11.0 Å². The molecule has 0 radical (unpaired) electrons. The number of halogens is 1. The van der Waals surface area contributed by atoms with E-state index >= 15 is 0 Å². The molecule has 2 aromatic heterocycles. The lowest BCUT2D eigenvalue weighted by molar-refractivity contribution is 0.419. The number of fused-ring (bicyclic) bond motifs is 1. The monoisotopic (exact) mass is 322 g/mol. The highest BCUT2D eigenvalue weighted by molar-refractivity contribution is 7.98. The molecule has 0 amide bonds. The molecule has 0 aliphatic carbocycles. The van der Waals surface area contributed by atoms with E-state index in [0.717, 1.165) is 22.5 Å². The summed E-state index contributed by atoms with van der Waals surface area (Å²) in [5.74, 6) is 0.537. The normalized spacial score (nSPS) is 11.1. The van der Waals surface area contributed by atoms with Crippen LogP contribution in [0.4, 0.5) is 0 Å². The van der Waals surface area contributed by atoms with Crippen LogP contribution in [0, 0.1) is 0 Å². The van der Waals surface area contributed by atoms with Gasteiger partial charge in [-0.15, -0.1) is 0 Å². The fourth-order valence-electron chi connectivity index (χ4n) is 1.94. The number of hydrogen-bond acceptors (Lipinski definition) is 5. The molecule has 7 heteroatoms. The van der Waals surface area contributed by atoms with E-state index in [1.807, 2.05) is 29.8 Å². The molecular formula is C14H11ClN2O3S. The highest BCUT2D eigenvalue weighted by atomic mass is 35.5. The van der Waals surface area contributed by atoms with Crippen molar-refractivity contribution >= 4 is 34.4 Å². The largest absolute Gasteiger partial charge is 0.502 e. The van der Waals surface area contributed by atoms with E-state index in [0.29, 0.717) is 16.5 Å². The van der Waals surface area contributed by atoms with Gasteiger partial charge in [-0.25, -0.2) is 4.98 Å². The third kappa shape index (κ3) is 2.77. The third-order valence-corrected chi connectivity index (χ3v) is 4.30. The van der Waals surface area contributed by atoms with Gasteiger partial charge in [0.15, 0.2) is 10.9 Å². The molecule has 0 aliphatic heterocycles. The summed E-state index contributed by atoms with van der Waals surface area (Å²) in [6.45, 7) is 0. The number of nitrogens with zero attached hydrogens (tertiary/aromatic N) is 2. The van der Waals surface area contributed by atoms with Gasteiger partial charge in [0.1, 0.15) is 12.0 Å². The first-order valence-electron chi connectivity index (χ1n) is 6.10. The van der Waals surface area contributed by atoms with Crippen LogP contribution in [0.1, 0.15) is 5.76 Å². The second-order valence-corrected chi connectivity index (χ2v) is 5.85. The van der Waals surface area contributed by atoms with Crippen molar-refractivity contribution in [3.05, 3.63) is 51.5 Å². The Kier molecular flexibility index (Phi) is 3.65. The summed E-state index contributed by atoms with van der Waals surface area (Å²) in [4.78, 5) is 15.8. The molecule has 0 spiro atoms. The van der Waals surface area contributed by atoms with E-state index in [1.165, 1.54) is 17.8 Å². The van der Waals surface area contributed by atoms with Crippen LogP contribution in [0.3, 0.4) is 0 Å². The van der Waals surface area contributed by atoms with Crippen molar-refractivity contribution in [3.63, 3.8) is 0 Å². The Morgan fingerprint density at radius 3 is 3.00 bits per heavy atom. The summed E-state index contributed by atoms with van der Waals surface area (Å²) < 4.78 is 7.12. The maximum atomic E-state index is 11.3. The first-order valence-corrected chi connectivity index (χ1v) is 7.46. The number of aromatic hydroxyl groups is 1. The summed E-state index contributed by atoms with van der Waals surface area (Å²) in [6.07, 6.45) is 1.05. The predicted molar refractivity (Wildman–Crippen MR) is 81.9 cm³/mol. The van der Waals surface area contributed by atoms with Gasteiger partial charge in [0.05, 0.1) is 16.8 Å². The summed E-state index contributed by atoms with van der Waals surface area (Å²) in [6, 6.07) is 6.82. The van der Waals surface area contributed by atoms with E-state index in [1.54, 1.807) is 0 Å². The van der Waals surface area contributed by atoms with Gasteiger partial charge in [-0.05, 0) is 18.2 Å². The Labute approximate surface area is 129 Å². The molecule has 0 saturated heterocycles. The van der Waals surface area contributed by atoms with Crippen molar-refractivity contribution in [3.8, 4) is 5.75 Å². The lowest BCUT2D eigenvalue weighted by Gasteiger charge is -2.02. The number of benzene rings is 1. The van der Waals surface area contributed by atoms with Crippen LogP contribution in [0.15, 0.2) is 44.9 Å². The average molecular weight is 323 g/mol. The molecular weight excluding hydrogens is 312 g/mol. The molecule has 3 rings (SSSR count). The molecule has 21 heavy (non-hydrogen) atoms. The van der Waals surface area contributed by atoms with Gasteiger partial charge in [-0.1, -0.05) is 23.4 Å². The molecule has 0 bridgehead atoms. The number of rotatable bonds is 3. The predicted octanol–water partition coefficient (Wildman–Crippen LogP) is 3.18. The van der Waals surface area contributed by atoms with Gasteiger partial charge in [-0.3, -0.25) is 4.79 Å². The molecule has 0 unspecified atom stereocenters. The minimum atomic E-state index is -0.450. The SMILES string of the molecule is Cn1c(SCc2cc(=O)c(O)co2)nc2cc(Cl)ccc21. The van der Waals surface area contributed by atoms with Crippen LogP contribution in [-0.4, -0.2) is 14.7 Å². The van der Waals surface area contributed by atoms with Crippen LogP contribution in [0.2, 0.25) is 5.02 Å². The fourth-order valence-corrected chi connectivity index (χ4v) is 2.98. The van der Waals surface area contributed by atoms with Crippen LogP contribution in [-0.2, 0) is 12.8 Å². The van der Waals surface area contributed by atoms with E-state index in [2.05, 4.69) is 4.98 Å². The van der Waals surface area contributed by atoms with Gasteiger partial charge in [0, 0.05) is 18.1 Å². The Morgan fingerprint density at radius 2 is 2.24 bits per heavy atom. The molecule has 1 N–H and O–H groups in total. The van der Waals surface area contributed by atoms with Crippen LogP contribution in [0.5, 0.6) is 5.75 Å². The Bertz CT molecular complexity index is 872. The lowest BCUT2D eigenvalue weighted by atomic mass is 10.3. The first-order chi connectivity index (χ1) is 10.0. The number of imidazole rings is 1. The van der Waals surface area contributed by atoms with E-state index in [9.17, 15) is 4.79 Å². The number of aryl methyl sites for hydroxylation is 1. The molecule has 2 heterocycles. The molecule has 5 nitrogen and oxygen atoms in total. The molecule has 1 aromatic carbocycles. The van der Waals surface area contributed by atoms with Gasteiger partial charge >= 0.3 is 0 Å². The van der Waals surface area contributed by atoms with E-state index in [-0.39, 0.29) is 5.75 Å². The van der Waals surface area contributed by atoms with Crippen molar-refractivity contribution < 1.29 is 9.52 Å². The van der Waals surface area contributed by atoms with Crippen LogP contribution < -0.4 is 5.43 Å². The highest BCUT2D eigenvalue weighted by Crippen LogP contribution is 2.27.